The van der Waals surface area contributed by atoms with E-state index in [-0.39, 0.29) is 18.1 Å². The lowest BCUT2D eigenvalue weighted by molar-refractivity contribution is 0.267. The van der Waals surface area contributed by atoms with Crippen LogP contribution in [0.1, 0.15) is 46.7 Å². The van der Waals surface area contributed by atoms with Crippen molar-refractivity contribution in [3.8, 4) is 0 Å². The molecule has 2 aromatic heterocycles. The van der Waals surface area contributed by atoms with Crippen LogP contribution in [-0.4, -0.2) is 32.4 Å². The molecule has 5 heteroatoms. The Bertz CT molecular complexity index is 598. The monoisotopic (exact) mass is 290 g/mol. The van der Waals surface area contributed by atoms with Gasteiger partial charge in [-0.2, -0.15) is 5.10 Å². The summed E-state index contributed by atoms with van der Waals surface area (Å²) in [6.07, 6.45) is 4.33. The molecule has 0 amide bonds. The Kier molecular flexibility index (Phi) is 4.52. The second-order valence-corrected chi connectivity index (χ2v) is 6.89. The highest BCUT2D eigenvalue weighted by Crippen LogP contribution is 2.25. The van der Waals surface area contributed by atoms with Gasteiger partial charge in [-0.3, -0.25) is 0 Å². The van der Waals surface area contributed by atoms with Crippen LogP contribution in [0.15, 0.2) is 18.5 Å². The Morgan fingerprint density at radius 1 is 1.33 bits per heavy atom. The Balaban J connectivity index is 2.37. The van der Waals surface area contributed by atoms with Crippen LogP contribution in [-0.2, 0) is 5.41 Å². The Labute approximate surface area is 126 Å². The van der Waals surface area contributed by atoms with Gasteiger partial charge in [0.05, 0.1) is 5.69 Å². The first-order valence-corrected chi connectivity index (χ1v) is 7.55. The van der Waals surface area contributed by atoms with E-state index in [0.717, 1.165) is 17.0 Å². The fourth-order valence-corrected chi connectivity index (χ4v) is 2.29. The zero-order valence-corrected chi connectivity index (χ0v) is 13.6. The van der Waals surface area contributed by atoms with Crippen LogP contribution in [0.4, 0.5) is 5.82 Å². The third kappa shape index (κ3) is 3.53. The van der Waals surface area contributed by atoms with Crippen molar-refractivity contribution in [1.82, 2.24) is 14.6 Å². The maximum atomic E-state index is 9.21. The van der Waals surface area contributed by atoms with Crippen LogP contribution in [0.3, 0.4) is 0 Å². The molecule has 1 unspecified atom stereocenters. The molecule has 0 aliphatic rings. The fraction of sp³-hybridized carbons (Fsp3) is 0.625. The van der Waals surface area contributed by atoms with Crippen LogP contribution in [0.25, 0.3) is 5.52 Å². The lowest BCUT2D eigenvalue weighted by Crippen LogP contribution is -2.27. The van der Waals surface area contributed by atoms with E-state index >= 15 is 0 Å². The molecule has 2 N–H and O–H groups in total. The smallest absolute Gasteiger partial charge is 0.152 e. The number of nitrogens with one attached hydrogen (secondary N) is 1. The zero-order valence-electron chi connectivity index (χ0n) is 13.6. The molecule has 0 aromatic carbocycles. The second-order valence-electron chi connectivity index (χ2n) is 6.89. The van der Waals surface area contributed by atoms with Gasteiger partial charge in [0.1, 0.15) is 5.52 Å². The van der Waals surface area contributed by atoms with Crippen LogP contribution >= 0.6 is 0 Å². The van der Waals surface area contributed by atoms with Gasteiger partial charge in [-0.05, 0) is 18.4 Å². The van der Waals surface area contributed by atoms with Crippen molar-refractivity contribution in [2.24, 2.45) is 5.92 Å². The summed E-state index contributed by atoms with van der Waals surface area (Å²) < 4.78 is 1.87. The van der Waals surface area contributed by atoms with Crippen LogP contribution in [0.5, 0.6) is 0 Å². The van der Waals surface area contributed by atoms with Crippen molar-refractivity contribution in [1.29, 1.82) is 0 Å². The molecule has 116 valence electrons. The lowest BCUT2D eigenvalue weighted by atomic mass is 9.92. The molecule has 2 aromatic rings. The number of aromatic nitrogens is 3. The molecule has 0 saturated carbocycles. The average molecular weight is 290 g/mol. The van der Waals surface area contributed by atoms with Crippen molar-refractivity contribution < 1.29 is 5.11 Å². The molecule has 0 aliphatic carbocycles. The summed E-state index contributed by atoms with van der Waals surface area (Å²) in [6, 6.07) is 2.28. The molecular formula is C16H26N4O. The largest absolute Gasteiger partial charge is 0.396 e. The van der Waals surface area contributed by atoms with Crippen molar-refractivity contribution in [2.45, 2.75) is 52.5 Å². The average Bonchev–Trinajstić information content (AvgIpc) is 2.83. The van der Waals surface area contributed by atoms with Gasteiger partial charge in [0.25, 0.3) is 0 Å². The molecule has 2 rings (SSSR count). The first-order chi connectivity index (χ1) is 9.82. The van der Waals surface area contributed by atoms with E-state index in [9.17, 15) is 5.11 Å². The first kappa shape index (κ1) is 15.8. The highest BCUT2D eigenvalue weighted by molar-refractivity contribution is 5.68. The second kappa shape index (κ2) is 6.02. The molecule has 0 radical (unpaired) electrons. The maximum absolute atomic E-state index is 9.21. The predicted octanol–water partition coefficient (Wildman–Crippen LogP) is 2.85. The highest BCUT2D eigenvalue weighted by atomic mass is 16.3. The summed E-state index contributed by atoms with van der Waals surface area (Å²) in [7, 11) is 0. The Hall–Kier alpha value is -1.62. The SMILES string of the molecule is CC(C)C(CCO)Nc1nccn2nc(C(C)(C)C)cc12. The van der Waals surface area contributed by atoms with E-state index in [1.54, 1.807) is 6.20 Å². The van der Waals surface area contributed by atoms with Crippen molar-refractivity contribution in [2.75, 3.05) is 11.9 Å². The topological polar surface area (TPSA) is 62.5 Å². The molecule has 1 atom stereocenters. The van der Waals surface area contributed by atoms with E-state index < -0.39 is 0 Å². The summed E-state index contributed by atoms with van der Waals surface area (Å²) >= 11 is 0. The summed E-state index contributed by atoms with van der Waals surface area (Å²) in [5, 5.41) is 17.3. The molecule has 0 spiro atoms. The molecule has 0 fully saturated rings. The van der Waals surface area contributed by atoms with E-state index in [1.165, 1.54) is 0 Å². The molecule has 0 saturated heterocycles. The number of hydrogen-bond donors (Lipinski definition) is 2. The number of anilines is 1. The summed E-state index contributed by atoms with van der Waals surface area (Å²) in [5.41, 5.74) is 2.03. The maximum Gasteiger partial charge on any atom is 0.152 e. The van der Waals surface area contributed by atoms with Gasteiger partial charge in [-0.1, -0.05) is 34.6 Å². The summed E-state index contributed by atoms with van der Waals surface area (Å²) in [5.74, 6) is 1.25. The molecule has 21 heavy (non-hydrogen) atoms. The van der Waals surface area contributed by atoms with Gasteiger partial charge in [0.15, 0.2) is 5.82 Å². The minimum atomic E-state index is 0.00579. The molecule has 0 aliphatic heterocycles. The zero-order chi connectivity index (χ0) is 15.6. The molecule has 5 nitrogen and oxygen atoms in total. The van der Waals surface area contributed by atoms with Gasteiger partial charge in [-0.25, -0.2) is 9.50 Å². The number of aliphatic hydroxyl groups excluding tert-OH is 1. The molecule has 2 heterocycles. The van der Waals surface area contributed by atoms with E-state index in [4.69, 9.17) is 0 Å². The third-order valence-corrected chi connectivity index (χ3v) is 3.73. The van der Waals surface area contributed by atoms with Crippen molar-refractivity contribution in [3.05, 3.63) is 24.2 Å². The summed E-state index contributed by atoms with van der Waals surface area (Å²) in [4.78, 5) is 4.45. The van der Waals surface area contributed by atoms with E-state index in [2.05, 4.69) is 56.1 Å². The van der Waals surface area contributed by atoms with Crippen LogP contribution < -0.4 is 5.32 Å². The number of hydrogen-bond acceptors (Lipinski definition) is 4. The Morgan fingerprint density at radius 2 is 2.05 bits per heavy atom. The van der Waals surface area contributed by atoms with Crippen LogP contribution in [0, 0.1) is 5.92 Å². The van der Waals surface area contributed by atoms with Gasteiger partial charge in [0.2, 0.25) is 0 Å². The fourth-order valence-electron chi connectivity index (χ4n) is 2.29. The number of fused-ring (bicyclic) bond motifs is 1. The van der Waals surface area contributed by atoms with Gasteiger partial charge < -0.3 is 10.4 Å². The number of aliphatic hydroxyl groups is 1. The highest BCUT2D eigenvalue weighted by Gasteiger charge is 2.20. The van der Waals surface area contributed by atoms with Gasteiger partial charge in [-0.15, -0.1) is 0 Å². The normalized spacial score (nSPS) is 13.9. The molecule has 0 bridgehead atoms. The lowest BCUT2D eigenvalue weighted by Gasteiger charge is -2.22. The quantitative estimate of drug-likeness (QED) is 0.889. The van der Waals surface area contributed by atoms with Gasteiger partial charge >= 0.3 is 0 Å². The van der Waals surface area contributed by atoms with Crippen LogP contribution in [0.2, 0.25) is 0 Å². The van der Waals surface area contributed by atoms with E-state index in [0.29, 0.717) is 12.3 Å². The third-order valence-electron chi connectivity index (χ3n) is 3.73. The number of rotatable bonds is 5. The van der Waals surface area contributed by atoms with E-state index in [1.807, 2.05) is 10.7 Å². The summed E-state index contributed by atoms with van der Waals surface area (Å²) in [6.45, 7) is 10.9. The standard InChI is InChI=1S/C16H26N4O/c1-11(2)12(6-9-21)18-15-13-10-14(16(3,4)5)19-20(13)8-7-17-15/h7-8,10-12,21H,6,9H2,1-5H3,(H,17,18). The minimum absolute atomic E-state index is 0.00579. The Morgan fingerprint density at radius 3 is 2.62 bits per heavy atom. The van der Waals surface area contributed by atoms with Gasteiger partial charge in [0, 0.05) is 30.5 Å². The first-order valence-electron chi connectivity index (χ1n) is 7.55. The van der Waals surface area contributed by atoms with Crippen molar-refractivity contribution in [3.63, 3.8) is 0 Å². The minimum Gasteiger partial charge on any atom is -0.396 e. The van der Waals surface area contributed by atoms with Crippen molar-refractivity contribution >= 4 is 11.3 Å². The molecular weight excluding hydrogens is 264 g/mol. The predicted molar refractivity (Wildman–Crippen MR) is 85.6 cm³/mol. The number of nitrogens with zero attached hydrogens (tertiary/aromatic N) is 3.